The molecule has 4 aromatic rings. The van der Waals surface area contributed by atoms with Crippen LogP contribution in [-0.4, -0.2) is 29.4 Å². The predicted molar refractivity (Wildman–Crippen MR) is 168 cm³/mol. The van der Waals surface area contributed by atoms with Gasteiger partial charge in [0.15, 0.2) is 0 Å². The molecule has 1 heterocycles. The number of aromatic nitrogens is 1. The zero-order chi connectivity index (χ0) is 30.8. The van der Waals surface area contributed by atoms with Gasteiger partial charge in [-0.05, 0) is 58.9 Å². The first-order valence-corrected chi connectivity index (χ1v) is 13.7. The Labute approximate surface area is 250 Å². The number of hydrogen-bond donors (Lipinski definition) is 4. The molecule has 0 atom stereocenters. The number of rotatable bonds is 6. The lowest BCUT2D eigenvalue weighted by Gasteiger charge is -2.27. The minimum Gasteiger partial charge on any atom is -0.507 e. The Morgan fingerprint density at radius 3 is 2.26 bits per heavy atom. The number of fused-ring (bicyclic) bond motifs is 1. The number of nitrogens with one attached hydrogen (secondary N) is 3. The first-order valence-electron chi connectivity index (χ1n) is 13.3. The topological polar surface area (TPSA) is 108 Å². The quantitative estimate of drug-likeness (QED) is 0.133. The van der Waals surface area contributed by atoms with E-state index in [1.807, 2.05) is 53.7 Å². The Bertz CT molecular complexity index is 1640. The van der Waals surface area contributed by atoms with Crippen LogP contribution in [0.25, 0.3) is 10.9 Å². The van der Waals surface area contributed by atoms with E-state index in [-0.39, 0.29) is 21.6 Å². The summed E-state index contributed by atoms with van der Waals surface area (Å²) >= 11 is 5.94. The van der Waals surface area contributed by atoms with Crippen LogP contribution in [0.5, 0.6) is 11.5 Å². The number of amides is 2. The standard InChI is InChI=1S/C32H35ClFN5O3/c1-31(2,3)21-12-18(13-22(29(21)40)32(4,5)6)17-36-39-30(41)38-27-15-20-25(10-11-35-26(20)16-28(27)42-7)37-19-8-9-24(34)23(33)14-19/h8-17,40H,1-7H3,(H,35,37)(H2,38,39,41)/b36-17+. The average Bonchev–Trinajstić information content (AvgIpc) is 2.90. The second-order valence-electron chi connectivity index (χ2n) is 12.0. The number of anilines is 3. The summed E-state index contributed by atoms with van der Waals surface area (Å²) < 4.78 is 19.1. The molecule has 42 heavy (non-hydrogen) atoms. The van der Waals surface area contributed by atoms with Crippen LogP contribution in [0.1, 0.15) is 58.2 Å². The van der Waals surface area contributed by atoms with Crippen molar-refractivity contribution in [3.63, 3.8) is 0 Å². The van der Waals surface area contributed by atoms with E-state index in [2.05, 4.69) is 26.1 Å². The summed E-state index contributed by atoms with van der Waals surface area (Å²) in [4.78, 5) is 17.3. The van der Waals surface area contributed by atoms with Gasteiger partial charge < -0.3 is 20.5 Å². The van der Waals surface area contributed by atoms with Crippen molar-refractivity contribution in [2.24, 2.45) is 5.10 Å². The van der Waals surface area contributed by atoms with Gasteiger partial charge in [-0.25, -0.2) is 14.6 Å². The molecule has 4 N–H and O–H groups in total. The smallest absolute Gasteiger partial charge is 0.339 e. The molecule has 0 aliphatic carbocycles. The highest BCUT2D eigenvalue weighted by Crippen LogP contribution is 2.39. The highest BCUT2D eigenvalue weighted by Gasteiger charge is 2.26. The van der Waals surface area contributed by atoms with E-state index in [0.717, 1.165) is 16.7 Å². The number of ether oxygens (including phenoxy) is 1. The number of carbonyl (C=O) groups excluding carboxylic acids is 1. The highest BCUT2D eigenvalue weighted by atomic mass is 35.5. The van der Waals surface area contributed by atoms with Crippen LogP contribution in [0.4, 0.5) is 26.2 Å². The molecule has 0 aliphatic heterocycles. The van der Waals surface area contributed by atoms with Gasteiger partial charge in [-0.2, -0.15) is 5.10 Å². The fourth-order valence-corrected chi connectivity index (χ4v) is 4.65. The van der Waals surface area contributed by atoms with E-state index in [1.54, 1.807) is 36.7 Å². The van der Waals surface area contributed by atoms with Crippen molar-refractivity contribution in [2.75, 3.05) is 17.7 Å². The molecular formula is C32H35ClFN5O3. The molecule has 1 aromatic heterocycles. The van der Waals surface area contributed by atoms with Gasteiger partial charge in [-0.15, -0.1) is 0 Å². The number of hydrogen-bond acceptors (Lipinski definition) is 6. The van der Waals surface area contributed by atoms with Crippen LogP contribution < -0.4 is 20.8 Å². The van der Waals surface area contributed by atoms with Gasteiger partial charge in [0, 0.05) is 40.2 Å². The van der Waals surface area contributed by atoms with Gasteiger partial charge in [-0.1, -0.05) is 53.1 Å². The molecule has 220 valence electrons. The van der Waals surface area contributed by atoms with Crippen LogP contribution in [0, 0.1) is 5.82 Å². The Hall–Kier alpha value is -4.37. The van der Waals surface area contributed by atoms with Gasteiger partial charge in [0.05, 0.1) is 29.6 Å². The number of carbonyl (C=O) groups is 1. The van der Waals surface area contributed by atoms with Crippen molar-refractivity contribution >= 4 is 51.8 Å². The van der Waals surface area contributed by atoms with E-state index in [1.165, 1.54) is 19.2 Å². The monoisotopic (exact) mass is 591 g/mol. The van der Waals surface area contributed by atoms with Gasteiger partial charge >= 0.3 is 6.03 Å². The lowest BCUT2D eigenvalue weighted by molar-refractivity contribution is 0.252. The number of nitrogens with zero attached hydrogens (tertiary/aromatic N) is 2. The maximum atomic E-state index is 13.6. The average molecular weight is 592 g/mol. The number of hydrazone groups is 1. The third-order valence-electron chi connectivity index (χ3n) is 6.64. The molecule has 0 saturated heterocycles. The summed E-state index contributed by atoms with van der Waals surface area (Å²) in [5, 5.41) is 21.8. The second-order valence-corrected chi connectivity index (χ2v) is 12.4. The molecule has 8 nitrogen and oxygen atoms in total. The largest absolute Gasteiger partial charge is 0.507 e. The summed E-state index contributed by atoms with van der Waals surface area (Å²) in [5.74, 6) is 0.160. The van der Waals surface area contributed by atoms with Gasteiger partial charge in [0.2, 0.25) is 0 Å². The third-order valence-corrected chi connectivity index (χ3v) is 6.93. The van der Waals surface area contributed by atoms with E-state index in [9.17, 15) is 14.3 Å². The summed E-state index contributed by atoms with van der Waals surface area (Å²) in [5.41, 5.74) is 6.50. The van der Waals surface area contributed by atoms with Crippen molar-refractivity contribution in [1.82, 2.24) is 10.4 Å². The lowest BCUT2D eigenvalue weighted by Crippen LogP contribution is -2.24. The fraction of sp³-hybridized carbons (Fsp3) is 0.281. The molecule has 0 saturated carbocycles. The van der Waals surface area contributed by atoms with Crippen molar-refractivity contribution in [2.45, 2.75) is 52.4 Å². The van der Waals surface area contributed by atoms with E-state index in [4.69, 9.17) is 16.3 Å². The van der Waals surface area contributed by atoms with Crippen molar-refractivity contribution in [3.05, 3.63) is 82.3 Å². The number of methoxy groups -OCH3 is 1. The number of phenols is 1. The lowest BCUT2D eigenvalue weighted by atomic mass is 9.78. The molecule has 10 heteroatoms. The Morgan fingerprint density at radius 1 is 1.00 bits per heavy atom. The molecule has 4 rings (SSSR count). The predicted octanol–water partition coefficient (Wildman–Crippen LogP) is 8.24. The summed E-state index contributed by atoms with van der Waals surface area (Å²) in [6, 6.07) is 12.7. The Balaban J connectivity index is 1.58. The molecule has 0 aliphatic rings. The SMILES string of the molecule is COc1cc2nccc(Nc3ccc(F)c(Cl)c3)c2cc1NC(=O)N/N=C/c1cc(C(C)(C)C)c(O)c(C(C)(C)C)c1. The van der Waals surface area contributed by atoms with Gasteiger partial charge in [0.1, 0.15) is 17.3 Å². The zero-order valence-corrected chi connectivity index (χ0v) is 25.4. The first-order chi connectivity index (χ1) is 19.7. The first kappa shape index (κ1) is 30.6. The number of phenolic OH excluding ortho intramolecular Hbond substituents is 1. The van der Waals surface area contributed by atoms with E-state index < -0.39 is 11.8 Å². The molecule has 0 unspecified atom stereocenters. The third kappa shape index (κ3) is 6.91. The number of benzene rings is 3. The molecule has 0 spiro atoms. The Morgan fingerprint density at radius 2 is 1.67 bits per heavy atom. The zero-order valence-electron chi connectivity index (χ0n) is 24.7. The summed E-state index contributed by atoms with van der Waals surface area (Å²) in [6.45, 7) is 12.2. The molecular weight excluding hydrogens is 557 g/mol. The molecule has 0 radical (unpaired) electrons. The number of halogens is 2. The minimum absolute atomic E-state index is 0.00354. The van der Waals surface area contributed by atoms with Crippen LogP contribution in [0.2, 0.25) is 5.02 Å². The molecule has 3 aromatic carbocycles. The highest BCUT2D eigenvalue weighted by molar-refractivity contribution is 6.31. The second kappa shape index (κ2) is 11.9. The van der Waals surface area contributed by atoms with Crippen molar-refractivity contribution in [1.29, 1.82) is 0 Å². The van der Waals surface area contributed by atoms with Crippen LogP contribution in [-0.2, 0) is 10.8 Å². The van der Waals surface area contributed by atoms with Crippen LogP contribution >= 0.6 is 11.6 Å². The fourth-order valence-electron chi connectivity index (χ4n) is 4.47. The minimum atomic E-state index is -0.585. The van der Waals surface area contributed by atoms with E-state index >= 15 is 0 Å². The van der Waals surface area contributed by atoms with Gasteiger partial charge in [0.25, 0.3) is 0 Å². The summed E-state index contributed by atoms with van der Waals surface area (Å²) in [6.07, 6.45) is 3.17. The Kier molecular flexibility index (Phi) is 8.63. The molecule has 0 bridgehead atoms. The van der Waals surface area contributed by atoms with Crippen molar-refractivity contribution < 1.29 is 19.0 Å². The van der Waals surface area contributed by atoms with Crippen LogP contribution in [0.15, 0.2) is 59.8 Å². The molecule has 2 amide bonds. The number of aromatic hydroxyl groups is 1. The number of urea groups is 1. The maximum absolute atomic E-state index is 13.6. The normalized spacial score (nSPS) is 12.0. The van der Waals surface area contributed by atoms with E-state index in [0.29, 0.717) is 33.7 Å². The van der Waals surface area contributed by atoms with Crippen LogP contribution in [0.3, 0.4) is 0 Å². The maximum Gasteiger partial charge on any atom is 0.339 e. The van der Waals surface area contributed by atoms with Gasteiger partial charge in [-0.3, -0.25) is 4.98 Å². The summed E-state index contributed by atoms with van der Waals surface area (Å²) in [7, 11) is 1.50. The number of pyridine rings is 1. The van der Waals surface area contributed by atoms with Crippen molar-refractivity contribution in [3.8, 4) is 11.5 Å². The molecule has 0 fully saturated rings.